The number of ether oxygens (including phenoxy) is 4. The van der Waals surface area contributed by atoms with Gasteiger partial charge in [0.05, 0.1) is 24.3 Å². The maximum Gasteiger partial charge on any atom is 0.229 e. The van der Waals surface area contributed by atoms with Crippen LogP contribution in [0.15, 0.2) is 24.3 Å². The molecule has 2 heterocycles. The smallest absolute Gasteiger partial charge is 0.229 e. The SMILES string of the molecule is Cc1ccc2c(c1O)C(=O)c1ccc(O[C@@H]3O[C@H](CO[C@@H]4O[C@H](CO)[C@@H](O)[C@H](O)[C@H]4O)[C@@H](O)[C@H](O)[C@H]3O)c(O)c1C2=O. The molecule has 3 aliphatic rings. The Balaban J connectivity index is 1.35. The van der Waals surface area contributed by atoms with Crippen molar-refractivity contribution in [3.05, 3.63) is 52.1 Å². The number of aryl methyl sites for hydroxylation is 1. The van der Waals surface area contributed by atoms with Crippen LogP contribution in [0.2, 0.25) is 0 Å². The maximum absolute atomic E-state index is 13.2. The molecular formula is C27H30O15. The van der Waals surface area contributed by atoms with Crippen LogP contribution in [0.25, 0.3) is 0 Å². The summed E-state index contributed by atoms with van der Waals surface area (Å²) in [7, 11) is 0. The average molecular weight is 595 g/mol. The number of ketones is 2. The summed E-state index contributed by atoms with van der Waals surface area (Å²) in [6.07, 6.45) is -16.7. The van der Waals surface area contributed by atoms with E-state index in [1.807, 2.05) is 0 Å². The molecule has 2 saturated heterocycles. The van der Waals surface area contributed by atoms with E-state index >= 15 is 0 Å². The zero-order chi connectivity index (χ0) is 30.6. The summed E-state index contributed by atoms with van der Waals surface area (Å²) in [5.41, 5.74) is -0.588. The van der Waals surface area contributed by atoms with Gasteiger partial charge in [0.2, 0.25) is 6.29 Å². The second-order valence-electron chi connectivity index (χ2n) is 10.3. The molecule has 2 aromatic rings. The Morgan fingerprint density at radius 3 is 1.83 bits per heavy atom. The molecule has 42 heavy (non-hydrogen) atoms. The molecule has 0 unspecified atom stereocenters. The second kappa shape index (κ2) is 11.5. The average Bonchev–Trinajstić information content (AvgIpc) is 2.97. The van der Waals surface area contributed by atoms with Gasteiger partial charge in [-0.05, 0) is 30.7 Å². The number of phenolic OH excluding ortho intramolecular Hbond substituents is 2. The van der Waals surface area contributed by atoms with Crippen molar-refractivity contribution in [2.45, 2.75) is 68.3 Å². The number of fused-ring (bicyclic) bond motifs is 2. The van der Waals surface area contributed by atoms with Crippen molar-refractivity contribution in [1.82, 2.24) is 0 Å². The Morgan fingerprint density at radius 1 is 0.690 bits per heavy atom. The van der Waals surface area contributed by atoms with Gasteiger partial charge in [0.15, 0.2) is 29.4 Å². The van der Waals surface area contributed by atoms with Gasteiger partial charge in [-0.15, -0.1) is 0 Å². The van der Waals surface area contributed by atoms with E-state index in [2.05, 4.69) is 0 Å². The fraction of sp³-hybridized carbons (Fsp3) is 0.481. The molecule has 0 aromatic heterocycles. The van der Waals surface area contributed by atoms with Crippen LogP contribution in [0.5, 0.6) is 17.2 Å². The zero-order valence-corrected chi connectivity index (χ0v) is 22.0. The topological polar surface area (TPSA) is 253 Å². The van der Waals surface area contributed by atoms with E-state index in [4.69, 9.17) is 18.9 Å². The lowest BCUT2D eigenvalue weighted by molar-refractivity contribution is -0.323. The van der Waals surface area contributed by atoms with Crippen molar-refractivity contribution in [2.75, 3.05) is 13.2 Å². The maximum atomic E-state index is 13.2. The largest absolute Gasteiger partial charge is 0.507 e. The number of aromatic hydroxyl groups is 2. The third-order valence-electron chi connectivity index (χ3n) is 7.65. The molecule has 2 aromatic carbocycles. The molecule has 2 fully saturated rings. The molecule has 0 bridgehead atoms. The molecular weight excluding hydrogens is 564 g/mol. The molecule has 1 aliphatic carbocycles. The van der Waals surface area contributed by atoms with Crippen LogP contribution in [0.4, 0.5) is 0 Å². The predicted molar refractivity (Wildman–Crippen MR) is 135 cm³/mol. The molecule has 0 saturated carbocycles. The molecule has 2 aliphatic heterocycles. The number of hydrogen-bond acceptors (Lipinski definition) is 15. The lowest BCUT2D eigenvalue weighted by Crippen LogP contribution is -2.62. The number of aliphatic hydroxyl groups excluding tert-OH is 7. The fourth-order valence-corrected chi connectivity index (χ4v) is 5.14. The van der Waals surface area contributed by atoms with E-state index in [1.165, 1.54) is 18.2 Å². The minimum absolute atomic E-state index is 0.138. The summed E-state index contributed by atoms with van der Waals surface area (Å²) in [6.45, 7) is 0.232. The number of aliphatic hydroxyl groups is 7. The summed E-state index contributed by atoms with van der Waals surface area (Å²) >= 11 is 0. The quantitative estimate of drug-likeness (QED) is 0.140. The van der Waals surface area contributed by atoms with Gasteiger partial charge >= 0.3 is 0 Å². The normalized spacial score (nSPS) is 34.6. The van der Waals surface area contributed by atoms with Gasteiger partial charge in [-0.1, -0.05) is 6.07 Å². The summed E-state index contributed by atoms with van der Waals surface area (Å²) in [4.78, 5) is 26.3. The highest BCUT2D eigenvalue weighted by Crippen LogP contribution is 2.42. The van der Waals surface area contributed by atoms with E-state index in [9.17, 15) is 55.5 Å². The van der Waals surface area contributed by atoms with Gasteiger partial charge in [-0.2, -0.15) is 0 Å². The van der Waals surface area contributed by atoms with Crippen molar-refractivity contribution < 1.29 is 74.5 Å². The number of carbonyl (C=O) groups is 2. The number of phenols is 2. The number of rotatable bonds is 6. The molecule has 0 spiro atoms. The summed E-state index contributed by atoms with van der Waals surface area (Å²) < 4.78 is 21.7. The highest BCUT2D eigenvalue weighted by atomic mass is 16.7. The van der Waals surface area contributed by atoms with Crippen LogP contribution in [0, 0.1) is 6.92 Å². The van der Waals surface area contributed by atoms with E-state index in [-0.39, 0.29) is 22.4 Å². The molecule has 10 atom stereocenters. The first-order valence-electron chi connectivity index (χ1n) is 12.9. The zero-order valence-electron chi connectivity index (χ0n) is 22.0. The van der Waals surface area contributed by atoms with Crippen LogP contribution in [0.3, 0.4) is 0 Å². The lowest BCUT2D eigenvalue weighted by atomic mass is 9.82. The monoisotopic (exact) mass is 594 g/mol. The van der Waals surface area contributed by atoms with Gasteiger partial charge < -0.3 is 64.9 Å². The Morgan fingerprint density at radius 2 is 1.21 bits per heavy atom. The number of benzene rings is 2. The van der Waals surface area contributed by atoms with Crippen molar-refractivity contribution in [2.24, 2.45) is 0 Å². The third-order valence-corrected chi connectivity index (χ3v) is 7.65. The first-order valence-corrected chi connectivity index (χ1v) is 12.9. The van der Waals surface area contributed by atoms with Crippen molar-refractivity contribution in [1.29, 1.82) is 0 Å². The van der Waals surface area contributed by atoms with Gasteiger partial charge in [-0.3, -0.25) is 9.59 Å². The predicted octanol–water partition coefficient (Wildman–Crippen LogP) is -2.82. The van der Waals surface area contributed by atoms with Gasteiger partial charge in [0.1, 0.15) is 54.6 Å². The van der Waals surface area contributed by atoms with Crippen LogP contribution in [-0.4, -0.2) is 132 Å². The molecule has 5 rings (SSSR count). The van der Waals surface area contributed by atoms with E-state index < -0.39 is 103 Å². The fourth-order valence-electron chi connectivity index (χ4n) is 5.14. The highest BCUT2D eigenvalue weighted by Gasteiger charge is 2.48. The molecule has 15 heteroatoms. The molecule has 9 N–H and O–H groups in total. The standard InChI is InChI=1S/C27H30O15/c1-8-2-3-9-14(16(8)29)17(30)10-4-5-11(19(32)15(10)18(9)31)40-27-25(38)23(36)21(34)13(42-27)7-39-26-24(37)22(35)20(33)12(6-28)41-26/h2-5,12-13,20-29,32-38H,6-7H2,1H3/t12-,13-,20-,21-,22+,23+,24-,25-,26-,27-/m1/s1. The molecule has 15 nitrogen and oxygen atoms in total. The summed E-state index contributed by atoms with van der Waals surface area (Å²) in [6, 6.07) is 5.07. The third kappa shape index (κ3) is 4.92. The molecule has 228 valence electrons. The highest BCUT2D eigenvalue weighted by molar-refractivity contribution is 6.30. The first-order chi connectivity index (χ1) is 19.9. The van der Waals surface area contributed by atoms with Crippen molar-refractivity contribution in [3.63, 3.8) is 0 Å². The Kier molecular flexibility index (Phi) is 8.25. The van der Waals surface area contributed by atoms with Crippen LogP contribution < -0.4 is 4.74 Å². The number of hydrogen-bond donors (Lipinski definition) is 9. The summed E-state index contributed by atoms with van der Waals surface area (Å²) in [5, 5.41) is 92.0. The minimum atomic E-state index is -1.88. The molecule has 0 radical (unpaired) electrons. The van der Waals surface area contributed by atoms with Gasteiger partial charge in [0, 0.05) is 11.1 Å². The van der Waals surface area contributed by atoms with Crippen LogP contribution >= 0.6 is 0 Å². The van der Waals surface area contributed by atoms with E-state index in [0.29, 0.717) is 5.56 Å². The second-order valence-corrected chi connectivity index (χ2v) is 10.3. The van der Waals surface area contributed by atoms with Crippen molar-refractivity contribution in [3.8, 4) is 17.2 Å². The minimum Gasteiger partial charge on any atom is -0.507 e. The van der Waals surface area contributed by atoms with Gasteiger partial charge in [-0.25, -0.2) is 0 Å². The van der Waals surface area contributed by atoms with E-state index in [1.54, 1.807) is 6.92 Å². The Bertz CT molecular complexity index is 1380. The van der Waals surface area contributed by atoms with Crippen LogP contribution in [0.1, 0.15) is 37.4 Å². The Hall–Kier alpha value is -3.22. The Labute approximate surface area is 237 Å². The van der Waals surface area contributed by atoms with Crippen molar-refractivity contribution >= 4 is 11.6 Å². The van der Waals surface area contributed by atoms with Gasteiger partial charge in [0.25, 0.3) is 0 Å². The van der Waals surface area contributed by atoms with Crippen LogP contribution in [-0.2, 0) is 14.2 Å². The van der Waals surface area contributed by atoms with E-state index in [0.717, 1.165) is 6.07 Å². The number of carbonyl (C=O) groups excluding carboxylic acids is 2. The molecule has 0 amide bonds. The first kappa shape index (κ1) is 30.2. The lowest BCUT2D eigenvalue weighted by Gasteiger charge is -2.42. The summed E-state index contributed by atoms with van der Waals surface area (Å²) in [5.74, 6) is -3.04.